The number of benzene rings is 2. The van der Waals surface area contributed by atoms with Crippen LogP contribution in [0.25, 0.3) is 0 Å². The smallest absolute Gasteiger partial charge is 0.282 e. The van der Waals surface area contributed by atoms with E-state index in [1.165, 1.54) is 30.2 Å². The van der Waals surface area contributed by atoms with Gasteiger partial charge < -0.3 is 9.64 Å². The van der Waals surface area contributed by atoms with Gasteiger partial charge in [0, 0.05) is 12.6 Å². The van der Waals surface area contributed by atoms with E-state index in [1.54, 1.807) is 6.07 Å². The number of nitro benzene ring substituents is 1. The van der Waals surface area contributed by atoms with E-state index in [1.807, 2.05) is 13.0 Å². The van der Waals surface area contributed by atoms with Gasteiger partial charge in [0.15, 0.2) is 0 Å². The number of nitrogens with zero attached hydrogens (tertiary/aromatic N) is 3. The predicted octanol–water partition coefficient (Wildman–Crippen LogP) is 2.49. The highest BCUT2D eigenvalue weighted by Crippen LogP contribution is 2.38. The molecule has 2 aromatic rings. The minimum atomic E-state index is -0.830. The molecule has 9 nitrogen and oxygen atoms in total. The molecule has 0 N–H and O–H groups in total. The summed E-state index contributed by atoms with van der Waals surface area (Å²) in [7, 11) is 1.52. The van der Waals surface area contributed by atoms with Crippen LogP contribution in [0.4, 0.5) is 11.4 Å². The van der Waals surface area contributed by atoms with Crippen LogP contribution in [0, 0.1) is 17.0 Å². The number of methoxy groups -OCH3 is 1. The fourth-order valence-electron chi connectivity index (χ4n) is 4.10. The van der Waals surface area contributed by atoms with Crippen molar-refractivity contribution in [1.29, 1.82) is 0 Å². The fourth-order valence-corrected chi connectivity index (χ4v) is 4.10. The summed E-state index contributed by atoms with van der Waals surface area (Å²) < 4.78 is 5.44. The molecule has 4 rings (SSSR count). The third-order valence-corrected chi connectivity index (χ3v) is 5.55. The number of ether oxygens (including phenoxy) is 1. The van der Waals surface area contributed by atoms with Crippen LogP contribution in [-0.2, 0) is 11.2 Å². The van der Waals surface area contributed by atoms with Crippen LogP contribution in [0.15, 0.2) is 30.3 Å². The van der Waals surface area contributed by atoms with Crippen LogP contribution < -0.4 is 9.64 Å². The van der Waals surface area contributed by atoms with E-state index in [0.717, 1.165) is 28.9 Å². The third-order valence-electron chi connectivity index (χ3n) is 5.55. The molecule has 0 spiro atoms. The van der Waals surface area contributed by atoms with Gasteiger partial charge >= 0.3 is 0 Å². The normalized spacial score (nSPS) is 15.1. The Morgan fingerprint density at radius 2 is 1.97 bits per heavy atom. The van der Waals surface area contributed by atoms with Crippen molar-refractivity contribution in [1.82, 2.24) is 4.90 Å². The van der Waals surface area contributed by atoms with Crippen molar-refractivity contribution in [2.75, 3.05) is 25.1 Å². The molecule has 2 aliphatic heterocycles. The molecule has 0 aliphatic carbocycles. The van der Waals surface area contributed by atoms with Gasteiger partial charge in [-0.15, -0.1) is 0 Å². The predicted molar refractivity (Wildman–Crippen MR) is 107 cm³/mol. The zero-order valence-corrected chi connectivity index (χ0v) is 16.5. The van der Waals surface area contributed by atoms with Gasteiger partial charge in [-0.05, 0) is 43.0 Å². The van der Waals surface area contributed by atoms with Gasteiger partial charge in [-0.1, -0.05) is 12.1 Å². The summed E-state index contributed by atoms with van der Waals surface area (Å²) in [6.07, 6.45) is 1.53. The van der Waals surface area contributed by atoms with Crippen LogP contribution in [0.3, 0.4) is 0 Å². The molecular formula is C21H19N3O6. The maximum absolute atomic E-state index is 13.1. The van der Waals surface area contributed by atoms with Gasteiger partial charge in [-0.3, -0.25) is 29.4 Å². The molecular weight excluding hydrogens is 390 g/mol. The van der Waals surface area contributed by atoms with E-state index >= 15 is 0 Å². The van der Waals surface area contributed by atoms with Crippen molar-refractivity contribution in [2.24, 2.45) is 0 Å². The first-order chi connectivity index (χ1) is 14.3. The van der Waals surface area contributed by atoms with Gasteiger partial charge in [-0.2, -0.15) is 0 Å². The molecule has 0 aromatic heterocycles. The first kappa shape index (κ1) is 19.6. The monoisotopic (exact) mass is 409 g/mol. The number of imide groups is 1. The van der Waals surface area contributed by atoms with E-state index < -0.39 is 34.9 Å². The molecule has 0 radical (unpaired) electrons. The molecule has 2 heterocycles. The molecule has 2 aliphatic rings. The number of hydrogen-bond donors (Lipinski definition) is 0. The van der Waals surface area contributed by atoms with Crippen molar-refractivity contribution < 1.29 is 24.0 Å². The Kier molecular flexibility index (Phi) is 4.73. The van der Waals surface area contributed by atoms with E-state index in [4.69, 9.17) is 4.74 Å². The molecule has 0 bridgehead atoms. The van der Waals surface area contributed by atoms with Crippen LogP contribution in [0.5, 0.6) is 5.75 Å². The molecule has 0 saturated heterocycles. The minimum Gasteiger partial charge on any atom is -0.495 e. The lowest BCUT2D eigenvalue weighted by molar-refractivity contribution is -0.385. The maximum Gasteiger partial charge on any atom is 0.282 e. The SMILES string of the molecule is COc1ccc(C)c2c1N(C(=O)CN1C(=O)c3cccc([N+](=O)[O-])c3C1=O)CCC2. The van der Waals surface area contributed by atoms with Gasteiger partial charge in [0.1, 0.15) is 17.9 Å². The van der Waals surface area contributed by atoms with Gasteiger partial charge in [0.2, 0.25) is 5.91 Å². The maximum atomic E-state index is 13.1. The van der Waals surface area contributed by atoms with Crippen molar-refractivity contribution in [2.45, 2.75) is 19.8 Å². The number of carbonyl (C=O) groups excluding carboxylic acids is 3. The minimum absolute atomic E-state index is 0.0607. The highest BCUT2D eigenvalue weighted by Gasteiger charge is 2.42. The first-order valence-corrected chi connectivity index (χ1v) is 9.45. The molecule has 0 saturated carbocycles. The number of carbonyl (C=O) groups is 3. The lowest BCUT2D eigenvalue weighted by Crippen LogP contribution is -2.45. The van der Waals surface area contributed by atoms with E-state index in [9.17, 15) is 24.5 Å². The Hall–Kier alpha value is -3.75. The molecule has 0 atom stereocenters. The summed E-state index contributed by atoms with van der Waals surface area (Å²) in [5.74, 6) is -1.44. The summed E-state index contributed by atoms with van der Waals surface area (Å²) in [5, 5.41) is 11.3. The largest absolute Gasteiger partial charge is 0.495 e. The van der Waals surface area contributed by atoms with Crippen molar-refractivity contribution in [3.05, 3.63) is 62.7 Å². The quantitative estimate of drug-likeness (QED) is 0.436. The molecule has 3 amide bonds. The summed E-state index contributed by atoms with van der Waals surface area (Å²) in [4.78, 5) is 51.5. The fraction of sp³-hybridized carbons (Fsp3) is 0.286. The summed E-state index contributed by atoms with van der Waals surface area (Å²) in [6, 6.07) is 7.58. The molecule has 0 unspecified atom stereocenters. The third kappa shape index (κ3) is 2.90. The Morgan fingerprint density at radius 3 is 2.67 bits per heavy atom. The van der Waals surface area contributed by atoms with E-state index in [0.29, 0.717) is 18.0 Å². The van der Waals surface area contributed by atoms with E-state index in [-0.39, 0.29) is 11.1 Å². The number of amides is 3. The van der Waals surface area contributed by atoms with Crippen molar-refractivity contribution >= 4 is 29.1 Å². The molecule has 0 fully saturated rings. The Balaban J connectivity index is 1.66. The average molecular weight is 409 g/mol. The second-order valence-electron chi connectivity index (χ2n) is 7.21. The molecule has 2 aromatic carbocycles. The number of rotatable bonds is 4. The standard InChI is InChI=1S/C21H19N3O6/c1-12-8-9-16(30-2)19-13(12)6-4-10-22(19)17(25)11-23-20(26)14-5-3-7-15(24(28)29)18(14)21(23)27/h3,5,7-9H,4,6,10-11H2,1-2H3. The molecule has 154 valence electrons. The van der Waals surface area contributed by atoms with Crippen LogP contribution in [0.1, 0.15) is 38.3 Å². The van der Waals surface area contributed by atoms with Gasteiger partial charge in [0.05, 0.1) is 23.3 Å². The van der Waals surface area contributed by atoms with Crippen molar-refractivity contribution in [3.8, 4) is 5.75 Å². The molecule has 30 heavy (non-hydrogen) atoms. The lowest BCUT2D eigenvalue weighted by Gasteiger charge is -2.32. The Bertz CT molecular complexity index is 1110. The zero-order chi connectivity index (χ0) is 21.6. The number of aryl methyl sites for hydroxylation is 1. The highest BCUT2D eigenvalue weighted by atomic mass is 16.6. The van der Waals surface area contributed by atoms with Gasteiger partial charge in [-0.25, -0.2) is 0 Å². The number of hydrogen-bond acceptors (Lipinski definition) is 6. The summed E-state index contributed by atoms with van der Waals surface area (Å²) >= 11 is 0. The van der Waals surface area contributed by atoms with E-state index in [2.05, 4.69) is 0 Å². The van der Waals surface area contributed by atoms with Crippen LogP contribution in [0.2, 0.25) is 0 Å². The van der Waals surface area contributed by atoms with Gasteiger partial charge in [0.25, 0.3) is 17.5 Å². The number of anilines is 1. The summed E-state index contributed by atoms with van der Waals surface area (Å²) in [6.45, 7) is 1.88. The molecule has 9 heteroatoms. The first-order valence-electron chi connectivity index (χ1n) is 9.45. The highest BCUT2D eigenvalue weighted by molar-refractivity contribution is 6.24. The Morgan fingerprint density at radius 1 is 1.20 bits per heavy atom. The number of fused-ring (bicyclic) bond motifs is 2. The zero-order valence-electron chi connectivity index (χ0n) is 16.5. The van der Waals surface area contributed by atoms with Crippen LogP contribution >= 0.6 is 0 Å². The van der Waals surface area contributed by atoms with Crippen LogP contribution in [-0.4, -0.2) is 47.7 Å². The second kappa shape index (κ2) is 7.25. The average Bonchev–Trinajstić information content (AvgIpc) is 2.98. The van der Waals surface area contributed by atoms with Crippen molar-refractivity contribution in [3.63, 3.8) is 0 Å². The topological polar surface area (TPSA) is 110 Å². The summed E-state index contributed by atoms with van der Waals surface area (Å²) in [5.41, 5.74) is 1.89. The Labute approximate surface area is 172 Å². The number of nitro groups is 1. The lowest BCUT2D eigenvalue weighted by atomic mass is 9.96. The second-order valence-corrected chi connectivity index (χ2v) is 7.21.